The van der Waals surface area contributed by atoms with Crippen molar-refractivity contribution in [1.82, 2.24) is 19.8 Å². The van der Waals surface area contributed by atoms with Gasteiger partial charge in [0.25, 0.3) is 5.91 Å². The van der Waals surface area contributed by atoms with Crippen molar-refractivity contribution in [2.75, 3.05) is 20.6 Å². The molecule has 0 aliphatic carbocycles. The third-order valence-electron chi connectivity index (χ3n) is 4.72. The van der Waals surface area contributed by atoms with Gasteiger partial charge in [0.1, 0.15) is 0 Å². The van der Waals surface area contributed by atoms with E-state index < -0.39 is 0 Å². The van der Waals surface area contributed by atoms with Gasteiger partial charge >= 0.3 is 0 Å². The first-order valence-electron chi connectivity index (χ1n) is 9.06. The van der Waals surface area contributed by atoms with Crippen molar-refractivity contribution in [2.45, 2.75) is 19.9 Å². The van der Waals surface area contributed by atoms with E-state index in [9.17, 15) is 4.79 Å². The van der Waals surface area contributed by atoms with Gasteiger partial charge in [0, 0.05) is 18.9 Å². The molecule has 1 N–H and O–H groups in total. The van der Waals surface area contributed by atoms with Crippen molar-refractivity contribution in [1.29, 1.82) is 0 Å². The zero-order valence-corrected chi connectivity index (χ0v) is 16.3. The minimum Gasteiger partial charge on any atom is -0.350 e. The fourth-order valence-electron chi connectivity index (χ4n) is 3.13. The van der Waals surface area contributed by atoms with E-state index in [-0.39, 0.29) is 11.9 Å². The molecule has 0 saturated carbocycles. The first-order valence-corrected chi connectivity index (χ1v) is 9.06. The van der Waals surface area contributed by atoms with Crippen LogP contribution < -0.4 is 5.32 Å². The van der Waals surface area contributed by atoms with Crippen LogP contribution >= 0.6 is 0 Å². The van der Waals surface area contributed by atoms with Gasteiger partial charge in [-0.15, -0.1) is 0 Å². The standard InChI is InChI=1S/C22H26N4O/c1-16-5-8-18(9-6-16)21(25(3)4)14-24-22(27)19-13-17(2)7-10-20(19)26-12-11-23-15-26/h5-13,15,21H,14H2,1-4H3,(H,24,27). The van der Waals surface area contributed by atoms with Gasteiger partial charge in [-0.05, 0) is 45.6 Å². The smallest absolute Gasteiger partial charge is 0.253 e. The summed E-state index contributed by atoms with van der Waals surface area (Å²) in [4.78, 5) is 19.2. The number of carbonyl (C=O) groups excluding carboxylic acids is 1. The summed E-state index contributed by atoms with van der Waals surface area (Å²) in [5, 5.41) is 3.11. The molecule has 2 aromatic carbocycles. The van der Waals surface area contributed by atoms with Crippen LogP contribution in [0, 0.1) is 13.8 Å². The third kappa shape index (κ3) is 4.44. The summed E-state index contributed by atoms with van der Waals surface area (Å²) >= 11 is 0. The zero-order chi connectivity index (χ0) is 19.4. The number of hydrogen-bond acceptors (Lipinski definition) is 3. The molecule has 5 heteroatoms. The van der Waals surface area contributed by atoms with E-state index in [1.807, 2.05) is 50.0 Å². The Balaban J connectivity index is 1.80. The summed E-state index contributed by atoms with van der Waals surface area (Å²) in [6.07, 6.45) is 5.26. The molecule has 1 aromatic heterocycles. The van der Waals surface area contributed by atoms with Gasteiger partial charge in [-0.2, -0.15) is 0 Å². The van der Waals surface area contributed by atoms with Gasteiger partial charge in [-0.25, -0.2) is 4.98 Å². The second-order valence-electron chi connectivity index (χ2n) is 7.09. The molecule has 140 valence electrons. The predicted molar refractivity (Wildman–Crippen MR) is 108 cm³/mol. The lowest BCUT2D eigenvalue weighted by Gasteiger charge is -2.25. The number of nitrogens with zero attached hydrogens (tertiary/aromatic N) is 3. The third-order valence-corrected chi connectivity index (χ3v) is 4.72. The van der Waals surface area contributed by atoms with Gasteiger partial charge < -0.3 is 14.8 Å². The Labute approximate surface area is 160 Å². The van der Waals surface area contributed by atoms with Crippen LogP contribution in [0.4, 0.5) is 0 Å². The number of amides is 1. The maximum absolute atomic E-state index is 13.0. The number of imidazole rings is 1. The summed E-state index contributed by atoms with van der Waals surface area (Å²) in [6.45, 7) is 4.60. The Kier molecular flexibility index (Phi) is 5.72. The number of likely N-dealkylation sites (N-methyl/N-ethyl adjacent to an activating group) is 1. The minimum atomic E-state index is -0.0821. The Morgan fingerprint density at radius 2 is 1.81 bits per heavy atom. The highest BCUT2D eigenvalue weighted by atomic mass is 16.1. The van der Waals surface area contributed by atoms with Crippen molar-refractivity contribution in [2.24, 2.45) is 0 Å². The molecule has 1 atom stereocenters. The van der Waals surface area contributed by atoms with Gasteiger partial charge in [0.05, 0.1) is 23.6 Å². The molecule has 0 bridgehead atoms. The molecule has 0 saturated heterocycles. The van der Waals surface area contributed by atoms with Gasteiger partial charge in [0.2, 0.25) is 0 Å². The van der Waals surface area contributed by atoms with E-state index >= 15 is 0 Å². The van der Waals surface area contributed by atoms with Crippen LogP contribution in [0.5, 0.6) is 0 Å². The van der Waals surface area contributed by atoms with Gasteiger partial charge in [-0.1, -0.05) is 41.5 Å². The Morgan fingerprint density at radius 1 is 1.11 bits per heavy atom. The Morgan fingerprint density at radius 3 is 2.44 bits per heavy atom. The number of aryl methyl sites for hydroxylation is 2. The van der Waals surface area contributed by atoms with Crippen LogP contribution in [-0.2, 0) is 0 Å². The number of rotatable bonds is 6. The van der Waals surface area contributed by atoms with Crippen molar-refractivity contribution < 1.29 is 4.79 Å². The van der Waals surface area contributed by atoms with E-state index in [0.29, 0.717) is 12.1 Å². The maximum atomic E-state index is 13.0. The molecule has 3 rings (SSSR count). The molecule has 5 nitrogen and oxygen atoms in total. The molecule has 1 amide bonds. The topological polar surface area (TPSA) is 50.2 Å². The minimum absolute atomic E-state index is 0.0821. The summed E-state index contributed by atoms with van der Waals surface area (Å²) < 4.78 is 1.86. The van der Waals surface area contributed by atoms with Crippen LogP contribution in [0.15, 0.2) is 61.2 Å². The molecule has 27 heavy (non-hydrogen) atoms. The number of nitrogens with one attached hydrogen (secondary N) is 1. The average Bonchev–Trinajstić information content (AvgIpc) is 3.17. The van der Waals surface area contributed by atoms with Crippen molar-refractivity contribution in [3.05, 3.63) is 83.4 Å². The Bertz CT molecular complexity index is 899. The monoisotopic (exact) mass is 362 g/mol. The van der Waals surface area contributed by atoms with E-state index in [0.717, 1.165) is 11.3 Å². The van der Waals surface area contributed by atoms with E-state index in [2.05, 4.69) is 46.4 Å². The first kappa shape index (κ1) is 18.9. The highest BCUT2D eigenvalue weighted by molar-refractivity contribution is 5.98. The number of benzene rings is 2. The maximum Gasteiger partial charge on any atom is 0.253 e. The molecule has 0 spiro atoms. The van der Waals surface area contributed by atoms with Crippen LogP contribution in [0.2, 0.25) is 0 Å². The summed E-state index contributed by atoms with van der Waals surface area (Å²) in [6, 6.07) is 14.4. The quantitative estimate of drug-likeness (QED) is 0.730. The van der Waals surface area contributed by atoms with Crippen molar-refractivity contribution >= 4 is 5.91 Å². The van der Waals surface area contributed by atoms with Crippen LogP contribution in [0.3, 0.4) is 0 Å². The highest BCUT2D eigenvalue weighted by Gasteiger charge is 2.18. The average molecular weight is 362 g/mol. The largest absolute Gasteiger partial charge is 0.350 e. The normalized spacial score (nSPS) is 12.2. The molecule has 3 aromatic rings. The lowest BCUT2D eigenvalue weighted by atomic mass is 10.0. The van der Waals surface area contributed by atoms with Gasteiger partial charge in [-0.3, -0.25) is 4.79 Å². The van der Waals surface area contributed by atoms with Crippen molar-refractivity contribution in [3.63, 3.8) is 0 Å². The van der Waals surface area contributed by atoms with E-state index in [4.69, 9.17) is 0 Å². The summed E-state index contributed by atoms with van der Waals surface area (Å²) in [5.74, 6) is -0.0821. The predicted octanol–water partition coefficient (Wildman–Crippen LogP) is 3.52. The molecular formula is C22H26N4O. The Hall–Kier alpha value is -2.92. The molecular weight excluding hydrogens is 336 g/mol. The summed E-state index contributed by atoms with van der Waals surface area (Å²) in [7, 11) is 4.06. The molecule has 0 fully saturated rings. The zero-order valence-electron chi connectivity index (χ0n) is 16.3. The SMILES string of the molecule is Cc1ccc(C(CNC(=O)c2cc(C)ccc2-n2ccnc2)N(C)C)cc1. The molecule has 0 aliphatic rings. The second-order valence-corrected chi connectivity index (χ2v) is 7.09. The van der Waals surface area contributed by atoms with E-state index in [1.165, 1.54) is 11.1 Å². The first-order chi connectivity index (χ1) is 13.0. The van der Waals surface area contributed by atoms with Crippen molar-refractivity contribution in [3.8, 4) is 5.69 Å². The lowest BCUT2D eigenvalue weighted by molar-refractivity contribution is 0.0942. The van der Waals surface area contributed by atoms with E-state index in [1.54, 1.807) is 12.5 Å². The molecule has 0 aliphatic heterocycles. The molecule has 1 heterocycles. The van der Waals surface area contributed by atoms with Crippen LogP contribution in [0.25, 0.3) is 5.69 Å². The molecule has 1 unspecified atom stereocenters. The lowest BCUT2D eigenvalue weighted by Crippen LogP contribution is -2.35. The number of hydrogen-bond donors (Lipinski definition) is 1. The van der Waals surface area contributed by atoms with Gasteiger partial charge in [0.15, 0.2) is 0 Å². The summed E-state index contributed by atoms with van der Waals surface area (Å²) in [5.41, 5.74) is 4.93. The number of carbonyl (C=O) groups is 1. The fourth-order valence-corrected chi connectivity index (χ4v) is 3.13. The second kappa shape index (κ2) is 8.18. The number of aromatic nitrogens is 2. The molecule has 0 radical (unpaired) electrons. The van der Waals surface area contributed by atoms with Crippen LogP contribution in [-0.4, -0.2) is 41.0 Å². The fraction of sp³-hybridized carbons (Fsp3) is 0.273. The van der Waals surface area contributed by atoms with Crippen LogP contribution in [0.1, 0.15) is 33.1 Å². The highest BCUT2D eigenvalue weighted by Crippen LogP contribution is 2.20.